The molecule has 100 valence electrons. The van der Waals surface area contributed by atoms with E-state index in [0.717, 1.165) is 15.7 Å². The zero-order valence-corrected chi connectivity index (χ0v) is 11.6. The van der Waals surface area contributed by atoms with Gasteiger partial charge in [0, 0.05) is 22.2 Å². The van der Waals surface area contributed by atoms with E-state index in [-0.39, 0.29) is 12.5 Å². The molecule has 0 aliphatic carbocycles. The molecule has 1 amide bonds. The lowest BCUT2D eigenvalue weighted by molar-refractivity contribution is -0.121. The Morgan fingerprint density at radius 3 is 2.84 bits per heavy atom. The molecule has 6 nitrogen and oxygen atoms in total. The van der Waals surface area contributed by atoms with E-state index in [2.05, 4.69) is 20.8 Å². The van der Waals surface area contributed by atoms with E-state index in [1.165, 1.54) is 11.0 Å². The molecule has 0 atom stereocenters. The fourth-order valence-corrected chi connectivity index (χ4v) is 2.24. The first-order valence-electron chi connectivity index (χ1n) is 5.60. The molecule has 0 bridgehead atoms. The molecule has 0 aliphatic rings. The van der Waals surface area contributed by atoms with E-state index in [4.69, 9.17) is 11.6 Å². The molecule has 1 heterocycles. The highest BCUT2D eigenvalue weighted by Crippen LogP contribution is 2.19. The fourth-order valence-electron chi connectivity index (χ4n) is 1.35. The van der Waals surface area contributed by atoms with Gasteiger partial charge in [0.15, 0.2) is 0 Å². The largest absolute Gasteiger partial charge is 0.354 e. The highest BCUT2D eigenvalue weighted by Gasteiger charge is 2.02. The van der Waals surface area contributed by atoms with Crippen molar-refractivity contribution < 1.29 is 4.79 Å². The third-order valence-corrected chi connectivity index (χ3v) is 3.47. The van der Waals surface area contributed by atoms with Crippen LogP contribution in [0.4, 0.5) is 0 Å². The summed E-state index contributed by atoms with van der Waals surface area (Å²) in [4.78, 5) is 12.6. The van der Waals surface area contributed by atoms with Crippen molar-refractivity contribution in [2.45, 2.75) is 11.4 Å². The number of rotatable bonds is 6. The number of carbonyl (C=O) groups is 1. The summed E-state index contributed by atoms with van der Waals surface area (Å²) in [6, 6.07) is 7.60. The minimum absolute atomic E-state index is 0.107. The minimum Gasteiger partial charge on any atom is -0.354 e. The van der Waals surface area contributed by atoms with Gasteiger partial charge in [0.25, 0.3) is 0 Å². The van der Waals surface area contributed by atoms with E-state index in [1.807, 2.05) is 24.3 Å². The van der Waals surface area contributed by atoms with Gasteiger partial charge >= 0.3 is 0 Å². The van der Waals surface area contributed by atoms with Gasteiger partial charge in [0.1, 0.15) is 12.9 Å². The van der Waals surface area contributed by atoms with Crippen molar-refractivity contribution in [2.75, 3.05) is 12.3 Å². The van der Waals surface area contributed by atoms with E-state index in [9.17, 15) is 4.79 Å². The predicted molar refractivity (Wildman–Crippen MR) is 73.0 cm³/mol. The van der Waals surface area contributed by atoms with E-state index in [1.54, 1.807) is 11.8 Å². The maximum Gasteiger partial charge on any atom is 0.241 e. The molecule has 1 N–H and O–H groups in total. The van der Waals surface area contributed by atoms with Crippen LogP contribution in [0.3, 0.4) is 0 Å². The second kappa shape index (κ2) is 7.10. The zero-order chi connectivity index (χ0) is 13.5. The quantitative estimate of drug-likeness (QED) is 0.641. The Morgan fingerprint density at radius 1 is 1.37 bits per heavy atom. The molecule has 0 saturated heterocycles. The number of hydrogen-bond donors (Lipinski definition) is 1. The third-order valence-electron chi connectivity index (χ3n) is 2.20. The van der Waals surface area contributed by atoms with Gasteiger partial charge in [-0.3, -0.25) is 4.79 Å². The highest BCUT2D eigenvalue weighted by molar-refractivity contribution is 7.99. The Balaban J connectivity index is 1.64. The summed E-state index contributed by atoms with van der Waals surface area (Å²) in [6.07, 6.45) is 1.40. The van der Waals surface area contributed by atoms with Crippen LogP contribution in [0, 0.1) is 0 Å². The van der Waals surface area contributed by atoms with E-state index in [0.29, 0.717) is 6.54 Å². The van der Waals surface area contributed by atoms with Crippen LogP contribution in [0.1, 0.15) is 0 Å². The van der Waals surface area contributed by atoms with Crippen molar-refractivity contribution in [3.63, 3.8) is 0 Å². The van der Waals surface area contributed by atoms with Crippen molar-refractivity contribution in [1.82, 2.24) is 25.5 Å². The molecule has 0 aliphatic heterocycles. The molecule has 8 heteroatoms. The monoisotopic (exact) mass is 297 g/mol. The maximum atomic E-state index is 11.5. The molecule has 0 spiro atoms. The van der Waals surface area contributed by atoms with Crippen LogP contribution < -0.4 is 5.32 Å². The van der Waals surface area contributed by atoms with Crippen LogP contribution in [0.25, 0.3) is 0 Å². The maximum absolute atomic E-state index is 11.5. The SMILES string of the molecule is O=C(Cn1cnnn1)NCCSc1ccc(Cl)cc1. The van der Waals surface area contributed by atoms with Gasteiger partial charge in [-0.2, -0.15) is 0 Å². The van der Waals surface area contributed by atoms with Crippen LogP contribution in [0.15, 0.2) is 35.5 Å². The Kier molecular flexibility index (Phi) is 5.17. The lowest BCUT2D eigenvalue weighted by atomic mass is 10.4. The van der Waals surface area contributed by atoms with E-state index < -0.39 is 0 Å². The summed E-state index contributed by atoms with van der Waals surface area (Å²) in [5, 5.41) is 14.1. The van der Waals surface area contributed by atoms with Crippen molar-refractivity contribution in [3.8, 4) is 0 Å². The Bertz CT molecular complexity index is 516. The molecule has 0 unspecified atom stereocenters. The average Bonchev–Trinajstić information content (AvgIpc) is 2.89. The number of thioether (sulfide) groups is 1. The van der Waals surface area contributed by atoms with Gasteiger partial charge in [-0.25, -0.2) is 4.68 Å². The van der Waals surface area contributed by atoms with Crippen molar-refractivity contribution in [2.24, 2.45) is 0 Å². The van der Waals surface area contributed by atoms with Gasteiger partial charge in [0.2, 0.25) is 5.91 Å². The molecule has 2 rings (SSSR count). The Morgan fingerprint density at radius 2 is 2.16 bits per heavy atom. The molecular formula is C11H12ClN5OS. The smallest absolute Gasteiger partial charge is 0.241 e. The van der Waals surface area contributed by atoms with Gasteiger partial charge < -0.3 is 5.32 Å². The first-order valence-corrected chi connectivity index (χ1v) is 6.96. The summed E-state index contributed by atoms with van der Waals surface area (Å²) >= 11 is 7.46. The van der Waals surface area contributed by atoms with Gasteiger partial charge in [-0.05, 0) is 34.7 Å². The van der Waals surface area contributed by atoms with Gasteiger partial charge in [0.05, 0.1) is 0 Å². The zero-order valence-electron chi connectivity index (χ0n) is 9.99. The third kappa shape index (κ3) is 4.88. The number of nitrogens with zero attached hydrogens (tertiary/aromatic N) is 4. The van der Waals surface area contributed by atoms with Crippen molar-refractivity contribution >= 4 is 29.3 Å². The number of hydrogen-bond acceptors (Lipinski definition) is 5. The predicted octanol–water partition coefficient (Wildman–Crippen LogP) is 1.23. The number of tetrazole rings is 1. The van der Waals surface area contributed by atoms with Gasteiger partial charge in [-0.15, -0.1) is 16.9 Å². The number of nitrogens with one attached hydrogen (secondary N) is 1. The van der Waals surface area contributed by atoms with Crippen LogP contribution in [0.5, 0.6) is 0 Å². The fraction of sp³-hybridized carbons (Fsp3) is 0.273. The van der Waals surface area contributed by atoms with Crippen molar-refractivity contribution in [3.05, 3.63) is 35.6 Å². The lowest BCUT2D eigenvalue weighted by Gasteiger charge is -2.04. The van der Waals surface area contributed by atoms with Crippen LogP contribution in [0.2, 0.25) is 5.02 Å². The van der Waals surface area contributed by atoms with Crippen LogP contribution in [-0.2, 0) is 11.3 Å². The van der Waals surface area contributed by atoms with Crippen molar-refractivity contribution in [1.29, 1.82) is 0 Å². The number of benzene rings is 1. The highest BCUT2D eigenvalue weighted by atomic mass is 35.5. The summed E-state index contributed by atoms with van der Waals surface area (Å²) in [7, 11) is 0. The lowest BCUT2D eigenvalue weighted by Crippen LogP contribution is -2.29. The molecule has 1 aromatic carbocycles. The number of halogens is 1. The minimum atomic E-state index is -0.107. The summed E-state index contributed by atoms with van der Waals surface area (Å²) in [5.41, 5.74) is 0. The number of aromatic nitrogens is 4. The van der Waals surface area contributed by atoms with Crippen LogP contribution in [-0.4, -0.2) is 38.4 Å². The standard InChI is InChI=1S/C11H12ClN5OS/c12-9-1-3-10(4-2-9)19-6-5-13-11(18)7-17-8-14-15-16-17/h1-4,8H,5-7H2,(H,13,18). The van der Waals surface area contributed by atoms with Crippen LogP contribution >= 0.6 is 23.4 Å². The number of amides is 1. The van der Waals surface area contributed by atoms with E-state index >= 15 is 0 Å². The Labute approximate surface area is 119 Å². The second-order valence-corrected chi connectivity index (χ2v) is 5.26. The number of carbonyl (C=O) groups excluding carboxylic acids is 1. The molecule has 0 saturated carbocycles. The second-order valence-electron chi connectivity index (χ2n) is 3.66. The molecule has 19 heavy (non-hydrogen) atoms. The average molecular weight is 298 g/mol. The first kappa shape index (κ1) is 13.8. The molecule has 0 fully saturated rings. The Hall–Kier alpha value is -1.60. The topological polar surface area (TPSA) is 72.7 Å². The van der Waals surface area contributed by atoms with Gasteiger partial charge in [-0.1, -0.05) is 11.6 Å². The molecule has 2 aromatic rings. The summed E-state index contributed by atoms with van der Waals surface area (Å²) in [6.45, 7) is 0.729. The molecule has 0 radical (unpaired) electrons. The normalized spacial score (nSPS) is 10.4. The first-order chi connectivity index (χ1) is 9.24. The summed E-state index contributed by atoms with van der Waals surface area (Å²) in [5.74, 6) is 0.687. The molecular weight excluding hydrogens is 286 g/mol. The summed E-state index contributed by atoms with van der Waals surface area (Å²) < 4.78 is 1.38. The molecule has 1 aromatic heterocycles.